The van der Waals surface area contributed by atoms with E-state index in [-0.39, 0.29) is 18.3 Å². The van der Waals surface area contributed by atoms with Crippen molar-refractivity contribution in [3.05, 3.63) is 0 Å². The minimum atomic E-state index is -0.337. The molecule has 0 aromatic heterocycles. The molecule has 4 nitrogen and oxygen atoms in total. The molecule has 16 heavy (non-hydrogen) atoms. The zero-order chi connectivity index (χ0) is 11.4. The van der Waals surface area contributed by atoms with E-state index < -0.39 is 0 Å². The molecule has 0 spiro atoms. The van der Waals surface area contributed by atoms with Gasteiger partial charge in [-0.25, -0.2) is 0 Å². The molecule has 4 heteroatoms. The van der Waals surface area contributed by atoms with Gasteiger partial charge in [0.15, 0.2) is 0 Å². The standard InChI is InChI=1S/C12H22O4/c1-2-4-15-12-10(13)6-11(12)16-8-9-3-5-14-7-9/h9-13H,2-8H2,1H3. The van der Waals surface area contributed by atoms with Crippen LogP contribution in [0, 0.1) is 5.92 Å². The van der Waals surface area contributed by atoms with E-state index in [1.54, 1.807) is 0 Å². The molecule has 2 fully saturated rings. The highest BCUT2D eigenvalue weighted by atomic mass is 16.6. The van der Waals surface area contributed by atoms with Gasteiger partial charge in [0.25, 0.3) is 0 Å². The fourth-order valence-electron chi connectivity index (χ4n) is 2.17. The molecule has 0 bridgehead atoms. The van der Waals surface area contributed by atoms with Crippen molar-refractivity contribution >= 4 is 0 Å². The Hall–Kier alpha value is -0.160. The monoisotopic (exact) mass is 230 g/mol. The first-order chi connectivity index (χ1) is 7.81. The molecule has 0 aromatic carbocycles. The van der Waals surface area contributed by atoms with Crippen LogP contribution in [0.15, 0.2) is 0 Å². The van der Waals surface area contributed by atoms with Gasteiger partial charge in [-0.3, -0.25) is 0 Å². The number of aliphatic hydroxyl groups excluding tert-OH is 1. The van der Waals surface area contributed by atoms with Crippen molar-refractivity contribution in [1.82, 2.24) is 0 Å². The molecular formula is C12H22O4. The quantitative estimate of drug-likeness (QED) is 0.738. The van der Waals surface area contributed by atoms with Gasteiger partial charge < -0.3 is 19.3 Å². The molecule has 0 radical (unpaired) electrons. The van der Waals surface area contributed by atoms with Crippen molar-refractivity contribution in [3.8, 4) is 0 Å². The highest BCUT2D eigenvalue weighted by molar-refractivity contribution is 4.92. The van der Waals surface area contributed by atoms with Gasteiger partial charge in [-0.05, 0) is 12.8 Å². The summed E-state index contributed by atoms with van der Waals surface area (Å²) in [6, 6.07) is 0. The lowest BCUT2D eigenvalue weighted by Gasteiger charge is -2.41. The number of rotatable bonds is 6. The third-order valence-corrected chi connectivity index (χ3v) is 3.30. The summed E-state index contributed by atoms with van der Waals surface area (Å²) in [6.07, 6.45) is 2.42. The minimum Gasteiger partial charge on any atom is -0.390 e. The van der Waals surface area contributed by atoms with E-state index in [0.717, 1.165) is 32.7 Å². The Kier molecular flexibility index (Phi) is 4.58. The zero-order valence-corrected chi connectivity index (χ0v) is 9.93. The van der Waals surface area contributed by atoms with Gasteiger partial charge in [-0.2, -0.15) is 0 Å². The summed E-state index contributed by atoms with van der Waals surface area (Å²) in [5.74, 6) is 0.532. The molecule has 1 aliphatic heterocycles. The third kappa shape index (κ3) is 2.94. The van der Waals surface area contributed by atoms with E-state index in [0.29, 0.717) is 18.9 Å². The first-order valence-electron chi connectivity index (χ1n) is 6.30. The van der Waals surface area contributed by atoms with Crippen LogP contribution < -0.4 is 0 Å². The van der Waals surface area contributed by atoms with Crippen LogP contribution in [-0.2, 0) is 14.2 Å². The summed E-state index contributed by atoms with van der Waals surface area (Å²) in [7, 11) is 0. The lowest BCUT2D eigenvalue weighted by molar-refractivity contribution is -0.195. The predicted octanol–water partition coefficient (Wildman–Crippen LogP) is 0.968. The molecule has 0 amide bonds. The second-order valence-electron chi connectivity index (χ2n) is 4.74. The zero-order valence-electron chi connectivity index (χ0n) is 9.93. The van der Waals surface area contributed by atoms with Crippen molar-refractivity contribution in [2.45, 2.75) is 44.5 Å². The Labute approximate surface area is 96.9 Å². The molecular weight excluding hydrogens is 208 g/mol. The maximum Gasteiger partial charge on any atom is 0.110 e. The third-order valence-electron chi connectivity index (χ3n) is 3.30. The number of ether oxygens (including phenoxy) is 3. The predicted molar refractivity (Wildman–Crippen MR) is 59.3 cm³/mol. The van der Waals surface area contributed by atoms with Crippen LogP contribution in [0.25, 0.3) is 0 Å². The summed E-state index contributed by atoms with van der Waals surface area (Å²) in [6.45, 7) is 5.18. The summed E-state index contributed by atoms with van der Waals surface area (Å²) in [5.41, 5.74) is 0. The summed E-state index contributed by atoms with van der Waals surface area (Å²) in [5, 5.41) is 9.57. The van der Waals surface area contributed by atoms with Crippen molar-refractivity contribution in [2.75, 3.05) is 26.4 Å². The molecule has 1 saturated carbocycles. The molecule has 1 heterocycles. The van der Waals surface area contributed by atoms with E-state index >= 15 is 0 Å². The molecule has 94 valence electrons. The van der Waals surface area contributed by atoms with Crippen LogP contribution in [0.3, 0.4) is 0 Å². The molecule has 2 aliphatic rings. The topological polar surface area (TPSA) is 47.9 Å². The Balaban J connectivity index is 1.64. The number of aliphatic hydroxyl groups is 1. The van der Waals surface area contributed by atoms with Gasteiger partial charge in [0.1, 0.15) is 6.10 Å². The van der Waals surface area contributed by atoms with Crippen molar-refractivity contribution in [1.29, 1.82) is 0 Å². The van der Waals surface area contributed by atoms with E-state index in [9.17, 15) is 5.11 Å². The van der Waals surface area contributed by atoms with Crippen LogP contribution >= 0.6 is 0 Å². The van der Waals surface area contributed by atoms with Gasteiger partial charge in [0.2, 0.25) is 0 Å². The average molecular weight is 230 g/mol. The van der Waals surface area contributed by atoms with E-state index in [4.69, 9.17) is 14.2 Å². The molecule has 1 N–H and O–H groups in total. The van der Waals surface area contributed by atoms with E-state index in [1.165, 1.54) is 0 Å². The van der Waals surface area contributed by atoms with Crippen LogP contribution in [0.2, 0.25) is 0 Å². The van der Waals surface area contributed by atoms with E-state index in [2.05, 4.69) is 6.92 Å². The molecule has 0 aromatic rings. The highest BCUT2D eigenvalue weighted by Gasteiger charge is 2.42. The fraction of sp³-hybridized carbons (Fsp3) is 1.00. The maximum absolute atomic E-state index is 9.57. The molecule has 4 atom stereocenters. The smallest absolute Gasteiger partial charge is 0.110 e. The van der Waals surface area contributed by atoms with Gasteiger partial charge in [0, 0.05) is 25.6 Å². The first kappa shape index (κ1) is 12.3. The second kappa shape index (κ2) is 5.96. The fourth-order valence-corrected chi connectivity index (χ4v) is 2.17. The SMILES string of the molecule is CCCOC1C(O)CC1OCC1CCOC1. The van der Waals surface area contributed by atoms with Crippen molar-refractivity contribution < 1.29 is 19.3 Å². The Morgan fingerprint density at radius 1 is 1.38 bits per heavy atom. The lowest BCUT2D eigenvalue weighted by atomic mass is 9.88. The Bertz CT molecular complexity index is 203. The van der Waals surface area contributed by atoms with Crippen LogP contribution in [0.5, 0.6) is 0 Å². The number of hydrogen-bond acceptors (Lipinski definition) is 4. The Morgan fingerprint density at radius 2 is 2.25 bits per heavy atom. The molecule has 4 unspecified atom stereocenters. The van der Waals surface area contributed by atoms with Crippen LogP contribution in [-0.4, -0.2) is 49.8 Å². The Morgan fingerprint density at radius 3 is 2.88 bits per heavy atom. The van der Waals surface area contributed by atoms with Crippen LogP contribution in [0.4, 0.5) is 0 Å². The molecule has 1 saturated heterocycles. The molecule has 1 aliphatic carbocycles. The van der Waals surface area contributed by atoms with Gasteiger partial charge in [0.05, 0.1) is 25.4 Å². The summed E-state index contributed by atoms with van der Waals surface area (Å²) >= 11 is 0. The van der Waals surface area contributed by atoms with Gasteiger partial charge >= 0.3 is 0 Å². The van der Waals surface area contributed by atoms with Gasteiger partial charge in [-0.1, -0.05) is 6.92 Å². The van der Waals surface area contributed by atoms with Gasteiger partial charge in [-0.15, -0.1) is 0 Å². The molecule has 2 rings (SSSR count). The van der Waals surface area contributed by atoms with Crippen molar-refractivity contribution in [3.63, 3.8) is 0 Å². The second-order valence-corrected chi connectivity index (χ2v) is 4.74. The summed E-state index contributed by atoms with van der Waals surface area (Å²) < 4.78 is 16.6. The lowest BCUT2D eigenvalue weighted by Crippen LogP contribution is -2.54. The summed E-state index contributed by atoms with van der Waals surface area (Å²) in [4.78, 5) is 0. The van der Waals surface area contributed by atoms with E-state index in [1.807, 2.05) is 0 Å². The minimum absolute atomic E-state index is 0.0853. The average Bonchev–Trinajstić information content (AvgIpc) is 2.77. The van der Waals surface area contributed by atoms with Crippen LogP contribution in [0.1, 0.15) is 26.2 Å². The maximum atomic E-state index is 9.57. The highest BCUT2D eigenvalue weighted by Crippen LogP contribution is 2.28. The van der Waals surface area contributed by atoms with Crippen molar-refractivity contribution in [2.24, 2.45) is 5.92 Å². The number of hydrogen-bond donors (Lipinski definition) is 1. The normalized spacial score (nSPS) is 38.6. The first-order valence-corrected chi connectivity index (χ1v) is 6.30. The largest absolute Gasteiger partial charge is 0.390 e.